The van der Waals surface area contributed by atoms with Gasteiger partial charge in [-0.15, -0.1) is 0 Å². The van der Waals surface area contributed by atoms with Gasteiger partial charge in [0.1, 0.15) is 11.6 Å². The molecule has 4 rings (SSSR count). The van der Waals surface area contributed by atoms with Gasteiger partial charge < -0.3 is 21.3 Å². The van der Waals surface area contributed by atoms with Gasteiger partial charge >= 0.3 is 0 Å². The van der Waals surface area contributed by atoms with Crippen molar-refractivity contribution in [2.45, 2.75) is 27.3 Å². The van der Waals surface area contributed by atoms with E-state index in [2.05, 4.69) is 51.4 Å². The van der Waals surface area contributed by atoms with E-state index in [4.69, 9.17) is 5.73 Å². The smallest absolute Gasteiger partial charge is 0.252 e. The third kappa shape index (κ3) is 6.73. The molecule has 2 heterocycles. The second-order valence-corrected chi connectivity index (χ2v) is 9.82. The van der Waals surface area contributed by atoms with Crippen LogP contribution in [0.1, 0.15) is 35.3 Å². The van der Waals surface area contributed by atoms with Crippen LogP contribution in [0.15, 0.2) is 54.7 Å². The lowest BCUT2D eigenvalue weighted by atomic mass is 10.1. The van der Waals surface area contributed by atoms with Crippen molar-refractivity contribution in [1.82, 2.24) is 9.88 Å². The molecule has 36 heavy (non-hydrogen) atoms. The number of benzene rings is 2. The summed E-state index contributed by atoms with van der Waals surface area (Å²) in [6, 6.07) is 14.9. The Bertz CT molecular complexity index is 1170. The first-order valence-corrected chi connectivity index (χ1v) is 12.4. The second-order valence-electron chi connectivity index (χ2n) is 9.82. The van der Waals surface area contributed by atoms with Crippen molar-refractivity contribution >= 4 is 28.8 Å². The Morgan fingerprint density at radius 2 is 1.81 bits per heavy atom. The first kappa shape index (κ1) is 25.4. The molecule has 1 amide bonds. The Hall–Kier alpha value is -3.65. The molecule has 1 aliphatic heterocycles. The largest absolute Gasteiger partial charge is 0.380 e. The van der Waals surface area contributed by atoms with Gasteiger partial charge in [-0.1, -0.05) is 19.9 Å². The van der Waals surface area contributed by atoms with Gasteiger partial charge in [-0.2, -0.15) is 0 Å². The molecule has 0 aliphatic carbocycles. The topological polar surface area (TPSA) is 86.5 Å². The van der Waals surface area contributed by atoms with Crippen molar-refractivity contribution in [3.05, 3.63) is 77.2 Å². The van der Waals surface area contributed by atoms with E-state index in [1.807, 2.05) is 25.1 Å². The minimum absolute atomic E-state index is 0.278. The maximum Gasteiger partial charge on any atom is 0.252 e. The van der Waals surface area contributed by atoms with Crippen molar-refractivity contribution < 1.29 is 9.18 Å². The molecule has 0 spiro atoms. The summed E-state index contributed by atoms with van der Waals surface area (Å²) in [5.41, 5.74) is 10.1. The summed E-state index contributed by atoms with van der Waals surface area (Å²) in [6.45, 7) is 12.1. The fourth-order valence-corrected chi connectivity index (χ4v) is 4.59. The van der Waals surface area contributed by atoms with E-state index in [0.717, 1.165) is 49.5 Å². The van der Waals surface area contributed by atoms with Crippen LogP contribution in [0.5, 0.6) is 0 Å². The molecular formula is C28H35FN6O. The highest BCUT2D eigenvalue weighted by Gasteiger charge is 2.18. The first-order valence-electron chi connectivity index (χ1n) is 12.4. The Balaban J connectivity index is 1.41. The number of pyridine rings is 1. The van der Waals surface area contributed by atoms with E-state index >= 15 is 0 Å². The predicted molar refractivity (Wildman–Crippen MR) is 144 cm³/mol. The summed E-state index contributed by atoms with van der Waals surface area (Å²) in [5, 5.41) is 6.50. The summed E-state index contributed by atoms with van der Waals surface area (Å²) in [6.07, 6.45) is 1.45. The molecule has 0 bridgehead atoms. The summed E-state index contributed by atoms with van der Waals surface area (Å²) < 4.78 is 13.8. The van der Waals surface area contributed by atoms with Gasteiger partial charge in [0.2, 0.25) is 0 Å². The Labute approximate surface area is 212 Å². The van der Waals surface area contributed by atoms with Crippen LogP contribution in [0.2, 0.25) is 0 Å². The number of nitrogens with two attached hydrogens (primary N) is 1. The van der Waals surface area contributed by atoms with Crippen molar-refractivity contribution in [3.63, 3.8) is 0 Å². The number of aryl methyl sites for hydroxylation is 1. The normalized spacial score (nSPS) is 14.2. The summed E-state index contributed by atoms with van der Waals surface area (Å²) in [7, 11) is 0. The molecule has 1 fully saturated rings. The Kier molecular flexibility index (Phi) is 8.05. The van der Waals surface area contributed by atoms with Crippen molar-refractivity contribution in [2.24, 2.45) is 11.7 Å². The van der Waals surface area contributed by atoms with Gasteiger partial charge in [0.05, 0.1) is 11.3 Å². The molecule has 3 aromatic rings. The molecule has 0 unspecified atom stereocenters. The van der Waals surface area contributed by atoms with Crippen LogP contribution in [0.25, 0.3) is 0 Å². The van der Waals surface area contributed by atoms with Gasteiger partial charge in [0.15, 0.2) is 0 Å². The van der Waals surface area contributed by atoms with Crippen LogP contribution in [-0.4, -0.2) is 48.5 Å². The maximum atomic E-state index is 13.8. The number of hydrogen-bond acceptors (Lipinski definition) is 6. The molecule has 7 nitrogen and oxygen atoms in total. The zero-order valence-corrected chi connectivity index (χ0v) is 21.2. The number of hydrogen-bond donors (Lipinski definition) is 3. The van der Waals surface area contributed by atoms with Crippen molar-refractivity contribution in [3.8, 4) is 0 Å². The molecule has 1 saturated heterocycles. The number of anilines is 4. The fraction of sp³-hybridized carbons (Fsp3) is 0.357. The Morgan fingerprint density at radius 3 is 2.44 bits per heavy atom. The van der Waals surface area contributed by atoms with Crippen LogP contribution in [0, 0.1) is 18.7 Å². The van der Waals surface area contributed by atoms with E-state index < -0.39 is 5.91 Å². The molecule has 1 aromatic heterocycles. The number of halogens is 1. The van der Waals surface area contributed by atoms with Crippen LogP contribution in [0.4, 0.5) is 27.3 Å². The number of piperazine rings is 1. The molecule has 0 atom stereocenters. The quantitative estimate of drug-likeness (QED) is 0.401. The zero-order valence-electron chi connectivity index (χ0n) is 21.2. The van der Waals surface area contributed by atoms with Crippen LogP contribution in [-0.2, 0) is 6.54 Å². The third-order valence-electron chi connectivity index (χ3n) is 6.25. The van der Waals surface area contributed by atoms with Crippen LogP contribution >= 0.6 is 0 Å². The third-order valence-corrected chi connectivity index (χ3v) is 6.25. The lowest BCUT2D eigenvalue weighted by Crippen LogP contribution is -2.47. The van der Waals surface area contributed by atoms with E-state index in [-0.39, 0.29) is 11.4 Å². The first-order chi connectivity index (χ1) is 17.3. The van der Waals surface area contributed by atoms with Crippen LogP contribution < -0.4 is 21.3 Å². The second kappa shape index (κ2) is 11.4. The van der Waals surface area contributed by atoms with Crippen molar-refractivity contribution in [1.29, 1.82) is 0 Å². The van der Waals surface area contributed by atoms with Crippen molar-refractivity contribution in [2.75, 3.05) is 48.3 Å². The molecule has 8 heteroatoms. The number of nitrogens with one attached hydrogen (secondary N) is 2. The monoisotopic (exact) mass is 490 g/mol. The average molecular weight is 491 g/mol. The number of primary amides is 1. The standard InChI is InChI=1S/C28H35FN6O/c1-19(2)18-34-8-10-35(11-9-34)24-6-4-23(5-7-24)33-27-15-26(25(17-32-27)28(30)36)31-16-21-12-20(3)13-22(29)14-21/h4-7,12-15,17,19H,8-11,16,18H2,1-3H3,(H2,30,36)(H2,31,32,33). The number of rotatable bonds is 9. The van der Waals surface area contributed by atoms with E-state index in [0.29, 0.717) is 24.0 Å². The van der Waals surface area contributed by atoms with Gasteiger partial charge in [-0.25, -0.2) is 9.37 Å². The van der Waals surface area contributed by atoms with E-state index in [1.54, 1.807) is 6.07 Å². The number of amides is 1. The van der Waals surface area contributed by atoms with E-state index in [1.165, 1.54) is 24.0 Å². The highest BCUT2D eigenvalue weighted by atomic mass is 19.1. The predicted octanol–water partition coefficient (Wildman–Crippen LogP) is 4.76. The minimum Gasteiger partial charge on any atom is -0.380 e. The lowest BCUT2D eigenvalue weighted by molar-refractivity contribution is 0.100. The highest BCUT2D eigenvalue weighted by molar-refractivity contribution is 5.98. The molecule has 4 N–H and O–H groups in total. The average Bonchev–Trinajstić information content (AvgIpc) is 2.83. The molecular weight excluding hydrogens is 455 g/mol. The molecule has 0 radical (unpaired) electrons. The van der Waals surface area contributed by atoms with Gasteiger partial charge in [0.25, 0.3) is 5.91 Å². The SMILES string of the molecule is Cc1cc(F)cc(CNc2cc(Nc3ccc(N4CCN(CC(C)C)CC4)cc3)ncc2C(N)=O)c1. The molecule has 1 aliphatic rings. The fourth-order valence-electron chi connectivity index (χ4n) is 4.59. The summed E-state index contributed by atoms with van der Waals surface area (Å²) >= 11 is 0. The van der Waals surface area contributed by atoms with E-state index in [9.17, 15) is 9.18 Å². The number of aromatic nitrogens is 1. The number of carbonyl (C=O) groups excluding carboxylic acids is 1. The Morgan fingerprint density at radius 1 is 1.08 bits per heavy atom. The maximum absolute atomic E-state index is 13.8. The molecule has 2 aromatic carbocycles. The minimum atomic E-state index is -0.579. The van der Waals surface area contributed by atoms with Crippen LogP contribution in [0.3, 0.4) is 0 Å². The highest BCUT2D eigenvalue weighted by Crippen LogP contribution is 2.25. The number of nitrogens with zero attached hydrogens (tertiary/aromatic N) is 3. The van der Waals surface area contributed by atoms with Gasteiger partial charge in [-0.3, -0.25) is 9.69 Å². The summed E-state index contributed by atoms with van der Waals surface area (Å²) in [4.78, 5) is 21.2. The summed E-state index contributed by atoms with van der Waals surface area (Å²) in [5.74, 6) is 0.395. The molecule has 190 valence electrons. The van der Waals surface area contributed by atoms with Gasteiger partial charge in [0, 0.05) is 62.9 Å². The molecule has 0 saturated carbocycles. The van der Waals surface area contributed by atoms with Gasteiger partial charge in [-0.05, 0) is 60.4 Å². The number of carbonyl (C=O) groups is 1. The lowest BCUT2D eigenvalue weighted by Gasteiger charge is -2.36. The zero-order chi connectivity index (χ0) is 25.7.